The minimum absolute atomic E-state index is 0.663. The third-order valence-electron chi connectivity index (χ3n) is 1.70. The minimum atomic E-state index is 0.663. The van der Waals surface area contributed by atoms with Crippen LogP contribution in [0.1, 0.15) is 20.8 Å². The molecule has 0 saturated heterocycles. The molecule has 0 saturated carbocycles. The van der Waals surface area contributed by atoms with Gasteiger partial charge in [-0.15, -0.1) is 0 Å². The Morgan fingerprint density at radius 2 is 1.91 bits per heavy atom. The van der Waals surface area contributed by atoms with Crippen LogP contribution >= 0.6 is 11.8 Å². The predicted molar refractivity (Wildman–Crippen MR) is 55.0 cm³/mol. The summed E-state index contributed by atoms with van der Waals surface area (Å²) in [6.07, 6.45) is 4.16. The van der Waals surface area contributed by atoms with Gasteiger partial charge in [-0.1, -0.05) is 32.9 Å². The molecule has 66 valence electrons. The van der Waals surface area contributed by atoms with Gasteiger partial charge in [-0.3, -0.25) is 0 Å². The normalized spacial score (nSPS) is 14.6. The van der Waals surface area contributed by atoms with Gasteiger partial charge in [0.15, 0.2) is 0 Å². The van der Waals surface area contributed by atoms with Crippen LogP contribution in [0.15, 0.2) is 12.2 Å². The van der Waals surface area contributed by atoms with Crippen LogP contribution in [0.25, 0.3) is 0 Å². The quantitative estimate of drug-likeness (QED) is 0.645. The first-order valence-corrected chi connectivity index (χ1v) is 5.20. The minimum Gasteiger partial charge on any atom is -0.327 e. The van der Waals surface area contributed by atoms with E-state index >= 15 is 0 Å². The maximum Gasteiger partial charge on any atom is 0.0116 e. The molecule has 2 N–H and O–H groups in total. The zero-order valence-electron chi connectivity index (χ0n) is 7.71. The summed E-state index contributed by atoms with van der Waals surface area (Å²) in [4.78, 5) is 0. The van der Waals surface area contributed by atoms with Gasteiger partial charge in [0.1, 0.15) is 0 Å². The fraction of sp³-hybridized carbons (Fsp3) is 0.778. The largest absolute Gasteiger partial charge is 0.327 e. The highest BCUT2D eigenvalue weighted by Gasteiger charge is 2.04. The van der Waals surface area contributed by atoms with Gasteiger partial charge in [-0.25, -0.2) is 0 Å². The Kier molecular flexibility index (Phi) is 6.77. The van der Waals surface area contributed by atoms with E-state index < -0.39 is 0 Å². The lowest BCUT2D eigenvalue weighted by molar-refractivity contribution is 0.643. The van der Waals surface area contributed by atoms with Crippen LogP contribution in [0.5, 0.6) is 0 Å². The highest BCUT2D eigenvalue weighted by Crippen LogP contribution is 2.18. The van der Waals surface area contributed by atoms with Gasteiger partial charge in [0, 0.05) is 17.5 Å². The smallest absolute Gasteiger partial charge is 0.0116 e. The summed E-state index contributed by atoms with van der Waals surface area (Å²) in [6, 6.07) is 0. The summed E-state index contributed by atoms with van der Waals surface area (Å²) < 4.78 is 0. The molecular formula is C9H19NS. The summed E-state index contributed by atoms with van der Waals surface area (Å²) in [5.41, 5.74) is 5.31. The second-order valence-electron chi connectivity index (χ2n) is 2.99. The van der Waals surface area contributed by atoms with Crippen molar-refractivity contribution < 1.29 is 0 Å². The second kappa shape index (κ2) is 6.74. The fourth-order valence-corrected chi connectivity index (χ4v) is 1.50. The van der Waals surface area contributed by atoms with Crippen molar-refractivity contribution in [2.24, 2.45) is 11.7 Å². The molecule has 0 amide bonds. The second-order valence-corrected chi connectivity index (χ2v) is 4.40. The molecule has 11 heavy (non-hydrogen) atoms. The summed E-state index contributed by atoms with van der Waals surface area (Å²) in [6.45, 7) is 7.44. The number of nitrogens with two attached hydrogens (primary N) is 1. The summed E-state index contributed by atoms with van der Waals surface area (Å²) >= 11 is 1.98. The van der Waals surface area contributed by atoms with E-state index in [-0.39, 0.29) is 0 Å². The summed E-state index contributed by atoms with van der Waals surface area (Å²) in [7, 11) is 0. The van der Waals surface area contributed by atoms with Crippen LogP contribution < -0.4 is 5.73 Å². The van der Waals surface area contributed by atoms with Crippen molar-refractivity contribution in [1.29, 1.82) is 0 Å². The highest BCUT2D eigenvalue weighted by atomic mass is 32.2. The van der Waals surface area contributed by atoms with E-state index in [2.05, 4.69) is 26.8 Å². The molecule has 0 heterocycles. The predicted octanol–water partition coefficient (Wildman–Crippen LogP) is 2.28. The van der Waals surface area contributed by atoms with Gasteiger partial charge >= 0.3 is 0 Å². The lowest BCUT2D eigenvalue weighted by Crippen LogP contribution is -2.05. The van der Waals surface area contributed by atoms with Gasteiger partial charge in [0.25, 0.3) is 0 Å². The number of hydrogen-bond donors (Lipinski definition) is 1. The van der Waals surface area contributed by atoms with E-state index in [0.717, 1.165) is 16.9 Å². The lowest BCUT2D eigenvalue weighted by Gasteiger charge is -2.12. The zero-order valence-corrected chi connectivity index (χ0v) is 8.53. The first-order chi connectivity index (χ1) is 5.18. The number of rotatable bonds is 5. The number of thioether (sulfide) groups is 1. The van der Waals surface area contributed by atoms with Crippen molar-refractivity contribution >= 4 is 11.8 Å². The summed E-state index contributed by atoms with van der Waals surface area (Å²) in [5, 5.41) is 0.748. The van der Waals surface area contributed by atoms with Gasteiger partial charge < -0.3 is 5.73 Å². The van der Waals surface area contributed by atoms with E-state index in [0.29, 0.717) is 6.54 Å². The maximum atomic E-state index is 5.31. The molecule has 0 aliphatic rings. The Morgan fingerprint density at radius 1 is 1.27 bits per heavy atom. The van der Waals surface area contributed by atoms with Crippen molar-refractivity contribution in [3.8, 4) is 0 Å². The van der Waals surface area contributed by atoms with Crippen LogP contribution in [0.2, 0.25) is 0 Å². The molecule has 0 aromatic carbocycles. The topological polar surface area (TPSA) is 26.0 Å². The molecule has 1 atom stereocenters. The average molecular weight is 173 g/mol. The molecule has 1 unspecified atom stereocenters. The monoisotopic (exact) mass is 173 g/mol. The molecule has 1 nitrogen and oxygen atoms in total. The Morgan fingerprint density at radius 3 is 2.36 bits per heavy atom. The molecule has 0 aromatic heterocycles. The van der Waals surface area contributed by atoms with E-state index in [1.54, 1.807) is 0 Å². The molecular weight excluding hydrogens is 154 g/mol. The van der Waals surface area contributed by atoms with Crippen LogP contribution in [0.4, 0.5) is 0 Å². The molecule has 0 fully saturated rings. The Balaban J connectivity index is 3.31. The SMILES string of the molecule is CC(C)C(C)SC/C=C/CN. The maximum absolute atomic E-state index is 5.31. The van der Waals surface area contributed by atoms with Gasteiger partial charge in [0.2, 0.25) is 0 Å². The van der Waals surface area contributed by atoms with Crippen molar-refractivity contribution in [2.75, 3.05) is 12.3 Å². The fourth-order valence-electron chi connectivity index (χ4n) is 0.564. The first kappa shape index (κ1) is 11.1. The average Bonchev–Trinajstić information content (AvgIpc) is 1.97. The molecule has 0 aliphatic carbocycles. The Bertz CT molecular complexity index is 110. The lowest BCUT2D eigenvalue weighted by atomic mass is 10.2. The van der Waals surface area contributed by atoms with Crippen LogP contribution in [-0.2, 0) is 0 Å². The zero-order chi connectivity index (χ0) is 8.69. The van der Waals surface area contributed by atoms with E-state index in [9.17, 15) is 0 Å². The summed E-state index contributed by atoms with van der Waals surface area (Å²) in [5.74, 6) is 1.86. The molecule has 0 bridgehead atoms. The van der Waals surface area contributed by atoms with Crippen LogP contribution in [-0.4, -0.2) is 17.5 Å². The molecule has 0 aliphatic heterocycles. The number of hydrogen-bond acceptors (Lipinski definition) is 2. The van der Waals surface area contributed by atoms with Crippen LogP contribution in [0, 0.1) is 5.92 Å². The van der Waals surface area contributed by atoms with E-state index in [1.807, 2.05) is 17.8 Å². The van der Waals surface area contributed by atoms with Crippen molar-refractivity contribution in [1.82, 2.24) is 0 Å². The first-order valence-electron chi connectivity index (χ1n) is 4.15. The van der Waals surface area contributed by atoms with E-state index in [1.165, 1.54) is 0 Å². The third-order valence-corrected chi connectivity index (χ3v) is 3.15. The Hall–Kier alpha value is 0.0500. The van der Waals surface area contributed by atoms with Gasteiger partial charge in [0.05, 0.1) is 0 Å². The standard InChI is InChI=1S/C9H19NS/c1-8(2)9(3)11-7-5-4-6-10/h4-5,8-9H,6-7,10H2,1-3H3/b5-4+. The third kappa shape index (κ3) is 6.45. The van der Waals surface area contributed by atoms with Gasteiger partial charge in [-0.2, -0.15) is 11.8 Å². The van der Waals surface area contributed by atoms with Crippen molar-refractivity contribution in [3.05, 3.63) is 12.2 Å². The van der Waals surface area contributed by atoms with E-state index in [4.69, 9.17) is 5.73 Å². The van der Waals surface area contributed by atoms with Crippen molar-refractivity contribution in [2.45, 2.75) is 26.0 Å². The molecule has 2 heteroatoms. The van der Waals surface area contributed by atoms with Crippen molar-refractivity contribution in [3.63, 3.8) is 0 Å². The molecule has 0 rings (SSSR count). The highest BCUT2D eigenvalue weighted by molar-refractivity contribution is 8.00. The molecule has 0 spiro atoms. The molecule has 0 radical (unpaired) electrons. The molecule has 0 aromatic rings. The Labute approximate surface area is 74.4 Å². The van der Waals surface area contributed by atoms with Crippen LogP contribution in [0.3, 0.4) is 0 Å². The van der Waals surface area contributed by atoms with Gasteiger partial charge in [-0.05, 0) is 5.92 Å².